The highest BCUT2D eigenvalue weighted by molar-refractivity contribution is 5.83. The minimum absolute atomic E-state index is 0.0834. The lowest BCUT2D eigenvalue weighted by atomic mass is 10.2. The third kappa shape index (κ3) is 5.53. The summed E-state index contributed by atoms with van der Waals surface area (Å²) in [5.74, 6) is -0.240. The molecule has 0 saturated carbocycles. The lowest BCUT2D eigenvalue weighted by molar-refractivity contribution is -0.149. The second kappa shape index (κ2) is 8.59. The number of carbonyl (C=O) groups excluding carboxylic acids is 2. The molecule has 1 aromatic rings. The Morgan fingerprint density at radius 2 is 1.90 bits per heavy atom. The molecule has 0 bridgehead atoms. The number of benzene rings is 1. The first kappa shape index (κ1) is 16.5. The molecule has 0 N–H and O–H groups in total. The maximum atomic E-state index is 12.0. The minimum Gasteiger partial charge on any atom is -0.484 e. The first-order valence-electron chi connectivity index (χ1n) is 6.67. The Morgan fingerprint density at radius 1 is 1.24 bits per heavy atom. The summed E-state index contributed by atoms with van der Waals surface area (Å²) in [5, 5.41) is 8.68. The van der Waals surface area contributed by atoms with Crippen molar-refractivity contribution in [1.29, 1.82) is 5.26 Å². The van der Waals surface area contributed by atoms with Gasteiger partial charge in [0.2, 0.25) is 0 Å². The Hall–Kier alpha value is -2.55. The second-order valence-electron chi connectivity index (χ2n) is 4.14. The molecule has 0 aliphatic rings. The van der Waals surface area contributed by atoms with E-state index in [-0.39, 0.29) is 25.7 Å². The van der Waals surface area contributed by atoms with E-state index in [0.717, 1.165) is 0 Å². The van der Waals surface area contributed by atoms with Gasteiger partial charge < -0.3 is 14.4 Å². The van der Waals surface area contributed by atoms with Crippen molar-refractivity contribution in [2.75, 3.05) is 26.3 Å². The van der Waals surface area contributed by atoms with Gasteiger partial charge in [0.05, 0.1) is 18.2 Å². The zero-order chi connectivity index (χ0) is 15.7. The van der Waals surface area contributed by atoms with Gasteiger partial charge in [0, 0.05) is 6.54 Å². The van der Waals surface area contributed by atoms with Crippen LogP contribution in [-0.2, 0) is 14.3 Å². The van der Waals surface area contributed by atoms with E-state index in [9.17, 15) is 9.59 Å². The highest BCUT2D eigenvalue weighted by atomic mass is 16.5. The quantitative estimate of drug-likeness (QED) is 0.708. The van der Waals surface area contributed by atoms with E-state index in [2.05, 4.69) is 0 Å². The molecular formula is C15H18N2O4. The van der Waals surface area contributed by atoms with Crippen LogP contribution in [0.15, 0.2) is 24.3 Å². The van der Waals surface area contributed by atoms with Gasteiger partial charge >= 0.3 is 5.97 Å². The van der Waals surface area contributed by atoms with Gasteiger partial charge in [-0.25, -0.2) is 0 Å². The normalized spacial score (nSPS) is 9.57. The number of amides is 1. The van der Waals surface area contributed by atoms with Gasteiger partial charge in [-0.3, -0.25) is 9.59 Å². The lowest BCUT2D eigenvalue weighted by Crippen LogP contribution is -2.39. The van der Waals surface area contributed by atoms with Crippen molar-refractivity contribution in [3.8, 4) is 11.8 Å². The van der Waals surface area contributed by atoms with Crippen molar-refractivity contribution < 1.29 is 19.1 Å². The fraction of sp³-hybridized carbons (Fsp3) is 0.400. The molecule has 1 amide bonds. The topological polar surface area (TPSA) is 79.6 Å². The molecule has 6 heteroatoms. The Bertz CT molecular complexity index is 519. The van der Waals surface area contributed by atoms with Gasteiger partial charge in [-0.05, 0) is 38.1 Å². The molecule has 0 fully saturated rings. The summed E-state index contributed by atoms with van der Waals surface area (Å²) in [5.41, 5.74) is 0.520. The van der Waals surface area contributed by atoms with E-state index in [4.69, 9.17) is 14.7 Å². The predicted octanol–water partition coefficient (Wildman–Crippen LogP) is 1.35. The summed E-state index contributed by atoms with van der Waals surface area (Å²) in [7, 11) is 0. The fourth-order valence-electron chi connectivity index (χ4n) is 1.60. The highest BCUT2D eigenvalue weighted by Crippen LogP contribution is 2.11. The number of esters is 1. The number of likely N-dealkylation sites (N-methyl/N-ethyl adjacent to an activating group) is 1. The molecule has 1 aromatic carbocycles. The van der Waals surface area contributed by atoms with Crippen molar-refractivity contribution in [2.45, 2.75) is 13.8 Å². The number of rotatable bonds is 7. The third-order valence-electron chi connectivity index (χ3n) is 2.71. The lowest BCUT2D eigenvalue weighted by Gasteiger charge is -2.19. The van der Waals surface area contributed by atoms with E-state index >= 15 is 0 Å². The average Bonchev–Trinajstić information content (AvgIpc) is 2.51. The summed E-state index contributed by atoms with van der Waals surface area (Å²) in [6.45, 7) is 3.92. The van der Waals surface area contributed by atoms with Crippen LogP contribution in [0.25, 0.3) is 0 Å². The maximum Gasteiger partial charge on any atom is 0.325 e. The maximum absolute atomic E-state index is 12.0. The van der Waals surface area contributed by atoms with Crippen LogP contribution in [0.2, 0.25) is 0 Å². The molecule has 0 spiro atoms. The number of hydrogen-bond donors (Lipinski definition) is 0. The SMILES string of the molecule is CCOC(=O)CN(CC)C(=O)COc1ccc(C#N)cc1. The molecule has 0 unspecified atom stereocenters. The smallest absolute Gasteiger partial charge is 0.325 e. The molecule has 6 nitrogen and oxygen atoms in total. The van der Waals surface area contributed by atoms with Crippen molar-refractivity contribution in [3.63, 3.8) is 0 Å². The summed E-state index contributed by atoms with van der Waals surface area (Å²) >= 11 is 0. The standard InChI is InChI=1S/C15H18N2O4/c1-3-17(10-15(19)20-4-2)14(18)11-21-13-7-5-12(9-16)6-8-13/h5-8H,3-4,10-11H2,1-2H3. The summed E-state index contributed by atoms with van der Waals surface area (Å²) in [4.78, 5) is 24.7. The fourth-order valence-corrected chi connectivity index (χ4v) is 1.60. The van der Waals surface area contributed by atoms with Crippen LogP contribution in [0.1, 0.15) is 19.4 Å². The number of hydrogen-bond acceptors (Lipinski definition) is 5. The van der Waals surface area contributed by atoms with Crippen LogP contribution in [0.3, 0.4) is 0 Å². The minimum atomic E-state index is -0.439. The first-order valence-corrected chi connectivity index (χ1v) is 6.67. The molecule has 112 valence electrons. The number of carbonyl (C=O) groups is 2. The monoisotopic (exact) mass is 290 g/mol. The Morgan fingerprint density at radius 3 is 2.43 bits per heavy atom. The molecule has 0 aromatic heterocycles. The molecule has 0 aliphatic carbocycles. The summed E-state index contributed by atoms with van der Waals surface area (Å²) < 4.78 is 10.1. The van der Waals surface area contributed by atoms with Crippen LogP contribution in [-0.4, -0.2) is 43.1 Å². The van der Waals surface area contributed by atoms with E-state index in [1.165, 1.54) is 4.90 Å². The van der Waals surface area contributed by atoms with Crippen LogP contribution in [0.4, 0.5) is 0 Å². The van der Waals surface area contributed by atoms with Crippen LogP contribution in [0, 0.1) is 11.3 Å². The number of ether oxygens (including phenoxy) is 2. The van der Waals surface area contributed by atoms with E-state index in [1.54, 1.807) is 38.1 Å². The van der Waals surface area contributed by atoms with Gasteiger partial charge in [0.15, 0.2) is 6.61 Å². The molecule has 0 radical (unpaired) electrons. The van der Waals surface area contributed by atoms with Gasteiger partial charge in [0.1, 0.15) is 12.3 Å². The van der Waals surface area contributed by atoms with E-state index < -0.39 is 5.97 Å². The number of nitriles is 1. The zero-order valence-electron chi connectivity index (χ0n) is 12.2. The molecular weight excluding hydrogens is 272 g/mol. The highest BCUT2D eigenvalue weighted by Gasteiger charge is 2.16. The van der Waals surface area contributed by atoms with Crippen molar-refractivity contribution in [3.05, 3.63) is 29.8 Å². The molecule has 21 heavy (non-hydrogen) atoms. The molecule has 1 rings (SSSR count). The van der Waals surface area contributed by atoms with Gasteiger partial charge in [-0.2, -0.15) is 5.26 Å². The van der Waals surface area contributed by atoms with Crippen molar-refractivity contribution >= 4 is 11.9 Å². The van der Waals surface area contributed by atoms with E-state index in [0.29, 0.717) is 17.9 Å². The first-order chi connectivity index (χ1) is 10.1. The molecule has 0 saturated heterocycles. The molecule has 0 aliphatic heterocycles. The van der Waals surface area contributed by atoms with Crippen LogP contribution >= 0.6 is 0 Å². The average molecular weight is 290 g/mol. The Kier molecular flexibility index (Phi) is 6.75. The Balaban J connectivity index is 2.50. The van der Waals surface area contributed by atoms with Gasteiger partial charge in [-0.15, -0.1) is 0 Å². The van der Waals surface area contributed by atoms with Gasteiger partial charge in [0.25, 0.3) is 5.91 Å². The third-order valence-corrected chi connectivity index (χ3v) is 2.71. The van der Waals surface area contributed by atoms with Gasteiger partial charge in [-0.1, -0.05) is 0 Å². The summed E-state index contributed by atoms with van der Waals surface area (Å²) in [6.07, 6.45) is 0. The zero-order valence-corrected chi connectivity index (χ0v) is 12.2. The molecule has 0 heterocycles. The Labute approximate surface area is 123 Å². The largest absolute Gasteiger partial charge is 0.484 e. The second-order valence-corrected chi connectivity index (χ2v) is 4.14. The van der Waals surface area contributed by atoms with E-state index in [1.807, 2.05) is 6.07 Å². The van der Waals surface area contributed by atoms with Crippen molar-refractivity contribution in [1.82, 2.24) is 4.90 Å². The van der Waals surface area contributed by atoms with Crippen LogP contribution in [0.5, 0.6) is 5.75 Å². The summed E-state index contributed by atoms with van der Waals surface area (Å²) in [6, 6.07) is 8.45. The predicted molar refractivity (Wildman–Crippen MR) is 75.5 cm³/mol. The molecule has 0 atom stereocenters. The van der Waals surface area contributed by atoms with Crippen LogP contribution < -0.4 is 4.74 Å². The number of nitrogens with zero attached hydrogens (tertiary/aromatic N) is 2. The van der Waals surface area contributed by atoms with Crippen molar-refractivity contribution in [2.24, 2.45) is 0 Å².